The van der Waals surface area contributed by atoms with Crippen LogP contribution in [0.15, 0.2) is 24.3 Å². The van der Waals surface area contributed by atoms with Gasteiger partial charge in [-0.1, -0.05) is 6.42 Å². The average molecular weight is 375 g/mol. The zero-order valence-corrected chi connectivity index (χ0v) is 17.0. The SMILES string of the molecule is CCO[C@](C)(C(=O)Nc1ccc(OCCN2CCCC[C@H]2C)cc1)C1CC1. The Balaban J connectivity index is 1.47. The molecule has 2 aliphatic rings. The van der Waals surface area contributed by atoms with E-state index >= 15 is 0 Å². The number of hydrogen-bond donors (Lipinski definition) is 1. The lowest BCUT2D eigenvalue weighted by molar-refractivity contribution is -0.141. The second kappa shape index (κ2) is 9.07. The molecule has 1 aliphatic carbocycles. The van der Waals surface area contributed by atoms with E-state index in [0.717, 1.165) is 30.8 Å². The molecular weight excluding hydrogens is 340 g/mol. The van der Waals surface area contributed by atoms with Crippen molar-refractivity contribution in [1.29, 1.82) is 0 Å². The Hall–Kier alpha value is -1.59. The number of anilines is 1. The van der Waals surface area contributed by atoms with Crippen LogP contribution in [0, 0.1) is 5.92 Å². The van der Waals surface area contributed by atoms with Crippen molar-refractivity contribution in [3.05, 3.63) is 24.3 Å². The van der Waals surface area contributed by atoms with Crippen LogP contribution in [-0.4, -0.2) is 48.8 Å². The lowest BCUT2D eigenvalue weighted by Crippen LogP contribution is -2.44. The molecule has 1 aromatic rings. The van der Waals surface area contributed by atoms with E-state index in [-0.39, 0.29) is 5.91 Å². The minimum absolute atomic E-state index is 0.0559. The van der Waals surface area contributed by atoms with Gasteiger partial charge in [-0.05, 0) is 83.2 Å². The van der Waals surface area contributed by atoms with Crippen LogP contribution in [-0.2, 0) is 9.53 Å². The van der Waals surface area contributed by atoms with Gasteiger partial charge in [0.05, 0.1) is 0 Å². The topological polar surface area (TPSA) is 50.8 Å². The molecule has 0 bridgehead atoms. The Kier molecular flexibility index (Phi) is 6.77. The van der Waals surface area contributed by atoms with E-state index < -0.39 is 5.60 Å². The number of amides is 1. The maximum Gasteiger partial charge on any atom is 0.256 e. The molecule has 27 heavy (non-hydrogen) atoms. The van der Waals surface area contributed by atoms with Gasteiger partial charge < -0.3 is 14.8 Å². The van der Waals surface area contributed by atoms with Crippen molar-refractivity contribution in [1.82, 2.24) is 4.90 Å². The Bertz CT molecular complexity index is 614. The normalized spacial score (nSPS) is 22.9. The van der Waals surface area contributed by atoms with E-state index in [1.165, 1.54) is 25.8 Å². The van der Waals surface area contributed by atoms with Crippen LogP contribution in [0.4, 0.5) is 5.69 Å². The van der Waals surface area contributed by atoms with Crippen molar-refractivity contribution in [3.63, 3.8) is 0 Å². The van der Waals surface area contributed by atoms with E-state index in [2.05, 4.69) is 17.1 Å². The van der Waals surface area contributed by atoms with Crippen molar-refractivity contribution in [2.24, 2.45) is 5.92 Å². The first-order chi connectivity index (χ1) is 13.0. The first kappa shape index (κ1) is 20.2. The molecule has 1 aliphatic heterocycles. The predicted molar refractivity (Wildman–Crippen MR) is 108 cm³/mol. The van der Waals surface area contributed by atoms with Crippen LogP contribution in [0.25, 0.3) is 0 Å². The van der Waals surface area contributed by atoms with Gasteiger partial charge in [0, 0.05) is 24.9 Å². The summed E-state index contributed by atoms with van der Waals surface area (Å²) in [6, 6.07) is 8.30. The average Bonchev–Trinajstić information content (AvgIpc) is 3.50. The van der Waals surface area contributed by atoms with Crippen LogP contribution in [0.1, 0.15) is 52.9 Å². The predicted octanol–water partition coefficient (Wildman–Crippen LogP) is 4.08. The van der Waals surface area contributed by atoms with E-state index in [9.17, 15) is 4.79 Å². The van der Waals surface area contributed by atoms with Gasteiger partial charge in [-0.2, -0.15) is 0 Å². The van der Waals surface area contributed by atoms with Gasteiger partial charge in [0.15, 0.2) is 0 Å². The highest BCUT2D eigenvalue weighted by Crippen LogP contribution is 2.42. The molecular formula is C22H34N2O3. The van der Waals surface area contributed by atoms with Crippen molar-refractivity contribution in [2.45, 2.75) is 64.5 Å². The van der Waals surface area contributed by atoms with Crippen LogP contribution in [0.3, 0.4) is 0 Å². The minimum atomic E-state index is -0.727. The second-order valence-corrected chi connectivity index (χ2v) is 8.02. The second-order valence-electron chi connectivity index (χ2n) is 8.02. The number of ether oxygens (including phenoxy) is 2. The minimum Gasteiger partial charge on any atom is -0.492 e. The van der Waals surface area contributed by atoms with Crippen molar-refractivity contribution >= 4 is 11.6 Å². The molecule has 1 N–H and O–H groups in total. The molecule has 0 aromatic heterocycles. The molecule has 2 fully saturated rings. The smallest absolute Gasteiger partial charge is 0.256 e. The lowest BCUT2D eigenvalue weighted by atomic mass is 9.99. The Morgan fingerprint density at radius 1 is 1.22 bits per heavy atom. The quantitative estimate of drug-likeness (QED) is 0.707. The summed E-state index contributed by atoms with van der Waals surface area (Å²) in [5.74, 6) is 1.12. The Morgan fingerprint density at radius 3 is 2.59 bits per heavy atom. The fourth-order valence-electron chi connectivity index (χ4n) is 3.96. The van der Waals surface area contributed by atoms with E-state index in [0.29, 0.717) is 25.2 Å². The van der Waals surface area contributed by atoms with Crippen molar-refractivity contribution in [2.75, 3.05) is 31.6 Å². The van der Waals surface area contributed by atoms with Gasteiger partial charge >= 0.3 is 0 Å². The van der Waals surface area contributed by atoms with E-state index in [4.69, 9.17) is 9.47 Å². The maximum atomic E-state index is 12.7. The molecule has 1 aromatic carbocycles. The van der Waals surface area contributed by atoms with E-state index in [1.807, 2.05) is 38.1 Å². The summed E-state index contributed by atoms with van der Waals surface area (Å²) < 4.78 is 11.7. The first-order valence-electron chi connectivity index (χ1n) is 10.4. The van der Waals surface area contributed by atoms with Crippen LogP contribution in [0.5, 0.6) is 5.75 Å². The number of carbonyl (C=O) groups excluding carboxylic acids is 1. The van der Waals surface area contributed by atoms with Crippen LogP contribution in [0.2, 0.25) is 0 Å². The first-order valence-corrected chi connectivity index (χ1v) is 10.4. The molecule has 1 heterocycles. The molecule has 0 spiro atoms. The van der Waals surface area contributed by atoms with Crippen LogP contribution < -0.4 is 10.1 Å². The van der Waals surface area contributed by atoms with Crippen molar-refractivity contribution in [3.8, 4) is 5.75 Å². The van der Waals surface area contributed by atoms with Gasteiger partial charge in [0.2, 0.25) is 0 Å². The maximum absolute atomic E-state index is 12.7. The molecule has 0 unspecified atom stereocenters. The molecule has 5 nitrogen and oxygen atoms in total. The van der Waals surface area contributed by atoms with Crippen LogP contribution >= 0.6 is 0 Å². The lowest BCUT2D eigenvalue weighted by Gasteiger charge is -2.33. The summed E-state index contributed by atoms with van der Waals surface area (Å²) in [6.45, 7) is 9.52. The number of likely N-dealkylation sites (tertiary alicyclic amines) is 1. The molecule has 1 saturated carbocycles. The highest BCUT2D eigenvalue weighted by atomic mass is 16.5. The Morgan fingerprint density at radius 2 is 1.96 bits per heavy atom. The number of benzene rings is 1. The highest BCUT2D eigenvalue weighted by Gasteiger charge is 2.48. The summed E-state index contributed by atoms with van der Waals surface area (Å²) in [6.07, 6.45) is 6.05. The Labute approximate surface area is 163 Å². The standard InChI is InChI=1S/C22H34N2O3/c1-4-27-22(3,18-8-9-18)21(25)23-19-10-12-20(13-11-19)26-16-15-24-14-6-5-7-17(24)2/h10-13,17-18H,4-9,14-16H2,1-3H3,(H,23,25)/t17-,22+/m1/s1. The summed E-state index contributed by atoms with van der Waals surface area (Å²) in [5.41, 5.74) is 0.0540. The summed E-state index contributed by atoms with van der Waals surface area (Å²) >= 11 is 0. The number of hydrogen-bond acceptors (Lipinski definition) is 4. The summed E-state index contributed by atoms with van der Waals surface area (Å²) in [7, 11) is 0. The summed E-state index contributed by atoms with van der Waals surface area (Å²) in [4.78, 5) is 15.2. The number of rotatable bonds is 9. The molecule has 5 heteroatoms. The van der Waals surface area contributed by atoms with Gasteiger partial charge in [0.1, 0.15) is 18.0 Å². The number of piperidine rings is 1. The molecule has 0 radical (unpaired) electrons. The van der Waals surface area contributed by atoms with Gasteiger partial charge in [-0.3, -0.25) is 9.69 Å². The fourth-order valence-corrected chi connectivity index (χ4v) is 3.96. The largest absolute Gasteiger partial charge is 0.492 e. The van der Waals surface area contributed by atoms with Gasteiger partial charge in [0.25, 0.3) is 5.91 Å². The molecule has 3 rings (SSSR count). The number of nitrogens with zero attached hydrogens (tertiary/aromatic N) is 1. The molecule has 2 atom stereocenters. The zero-order chi connectivity index (χ0) is 19.3. The highest BCUT2D eigenvalue weighted by molar-refractivity contribution is 5.97. The monoisotopic (exact) mass is 374 g/mol. The number of nitrogens with one attached hydrogen (secondary N) is 1. The third kappa shape index (κ3) is 5.23. The number of carbonyl (C=O) groups is 1. The molecule has 1 saturated heterocycles. The van der Waals surface area contributed by atoms with Gasteiger partial charge in [-0.25, -0.2) is 0 Å². The molecule has 1 amide bonds. The zero-order valence-electron chi connectivity index (χ0n) is 17.0. The summed E-state index contributed by atoms with van der Waals surface area (Å²) in [5, 5.41) is 3.00. The fraction of sp³-hybridized carbons (Fsp3) is 0.682. The molecule has 150 valence electrons. The third-order valence-electron chi connectivity index (χ3n) is 5.95. The van der Waals surface area contributed by atoms with Crippen molar-refractivity contribution < 1.29 is 14.3 Å². The third-order valence-corrected chi connectivity index (χ3v) is 5.95. The van der Waals surface area contributed by atoms with E-state index in [1.54, 1.807) is 0 Å². The van der Waals surface area contributed by atoms with Gasteiger partial charge in [-0.15, -0.1) is 0 Å².